The fraction of sp³-hybridized carbons (Fsp3) is 1.00. The van der Waals surface area contributed by atoms with E-state index in [-0.39, 0.29) is 29.6 Å². The first-order valence-corrected chi connectivity index (χ1v) is 3.00. The minimum absolute atomic E-state index is 0. The maximum Gasteiger partial charge on any atom is 1.00 e. The van der Waals surface area contributed by atoms with Gasteiger partial charge in [-0.3, -0.25) is 0 Å². The molecule has 0 amide bonds. The molecule has 0 aliphatic heterocycles. The van der Waals surface area contributed by atoms with Crippen LogP contribution >= 0.6 is 0 Å². The molecule has 0 atom stereocenters. The molecule has 0 heterocycles. The normalized spacial score (nSPS) is 14.0. The van der Waals surface area contributed by atoms with Gasteiger partial charge < -0.3 is 5.11 Å². The fourth-order valence-corrected chi connectivity index (χ4v) is 0.472. The third-order valence-electron chi connectivity index (χ3n) is 1.33. The van der Waals surface area contributed by atoms with E-state index in [2.05, 4.69) is 0 Å². The van der Waals surface area contributed by atoms with Gasteiger partial charge in [0.05, 0.1) is 0 Å². The number of halogens is 8. The minimum atomic E-state index is -6.37. The van der Waals surface area contributed by atoms with E-state index in [1.54, 1.807) is 0 Å². The van der Waals surface area contributed by atoms with Crippen LogP contribution in [0, 0.1) is 0 Å². The van der Waals surface area contributed by atoms with Crippen molar-refractivity contribution in [3.63, 3.8) is 0 Å². The van der Waals surface area contributed by atoms with Crippen LogP contribution in [0.5, 0.6) is 0 Å². The molecule has 0 bridgehead atoms. The summed E-state index contributed by atoms with van der Waals surface area (Å²) in [5.41, 5.74) is 0. The summed E-state index contributed by atoms with van der Waals surface area (Å²) in [4.78, 5) is 0. The van der Waals surface area contributed by atoms with Crippen LogP contribution in [0.4, 0.5) is 35.1 Å². The van der Waals surface area contributed by atoms with Gasteiger partial charge in [-0.15, -0.1) is 0 Å². The molecule has 0 aromatic heterocycles. The predicted octanol–water partition coefficient (Wildman–Crippen LogP) is -1.48. The van der Waals surface area contributed by atoms with Crippen molar-refractivity contribution in [2.24, 2.45) is 0 Å². The Labute approximate surface area is 101 Å². The molecule has 0 saturated carbocycles. The topological polar surface area (TPSA) is 23.1 Å². The molecular weight excluding hydrogens is 251 g/mol. The van der Waals surface area contributed by atoms with E-state index in [1.165, 1.54) is 0 Å². The zero-order valence-electron chi connectivity index (χ0n) is 7.22. The van der Waals surface area contributed by atoms with E-state index in [4.69, 9.17) is 0 Å². The molecule has 0 fully saturated rings. The summed E-state index contributed by atoms with van der Waals surface area (Å²) < 4.78 is 94.3. The van der Waals surface area contributed by atoms with Crippen LogP contribution in [0.2, 0.25) is 0 Å². The Morgan fingerprint density at radius 3 is 1.47 bits per heavy atom. The molecule has 0 aromatic carbocycles. The Morgan fingerprint density at radius 2 is 1.27 bits per heavy atom. The smallest absolute Gasteiger partial charge is 0.850 e. The van der Waals surface area contributed by atoms with Gasteiger partial charge in [-0.1, -0.05) is 6.61 Å². The molecule has 0 N–H and O–H groups in total. The summed E-state index contributed by atoms with van der Waals surface area (Å²) in [6, 6.07) is 0. The molecule has 0 rings (SSSR count). The van der Waals surface area contributed by atoms with Gasteiger partial charge in [0.1, 0.15) is 0 Å². The first-order chi connectivity index (χ1) is 6.00. The van der Waals surface area contributed by atoms with Gasteiger partial charge in [0.25, 0.3) is 0 Å². The summed E-state index contributed by atoms with van der Waals surface area (Å²) in [5.74, 6) is -18.3. The molecule has 0 saturated heterocycles. The van der Waals surface area contributed by atoms with Gasteiger partial charge in [-0.2, -0.15) is 17.6 Å². The molecule has 0 aliphatic carbocycles. The first-order valence-electron chi connectivity index (χ1n) is 3.00. The second-order valence-corrected chi connectivity index (χ2v) is 2.35. The molecular formula is C5H3F8NaO. The summed E-state index contributed by atoms with van der Waals surface area (Å²) >= 11 is 0. The van der Waals surface area contributed by atoms with E-state index in [0.29, 0.717) is 0 Å². The molecule has 86 valence electrons. The van der Waals surface area contributed by atoms with E-state index in [1.807, 2.05) is 0 Å². The molecule has 0 aromatic rings. The Hall–Kier alpha value is 0.400. The van der Waals surface area contributed by atoms with Crippen LogP contribution in [-0.4, -0.2) is 30.8 Å². The predicted molar refractivity (Wildman–Crippen MR) is 25.7 cm³/mol. The Kier molecular flexibility index (Phi) is 6.11. The second-order valence-electron chi connectivity index (χ2n) is 2.35. The van der Waals surface area contributed by atoms with E-state index >= 15 is 0 Å². The van der Waals surface area contributed by atoms with Gasteiger partial charge >= 0.3 is 53.8 Å². The quantitative estimate of drug-likeness (QED) is 0.443. The van der Waals surface area contributed by atoms with Gasteiger partial charge in [0, 0.05) is 0 Å². The van der Waals surface area contributed by atoms with Crippen LogP contribution in [0.15, 0.2) is 0 Å². The zero-order valence-corrected chi connectivity index (χ0v) is 9.22. The molecule has 0 spiro atoms. The monoisotopic (exact) mass is 254 g/mol. The molecule has 0 aliphatic rings. The van der Waals surface area contributed by atoms with Gasteiger partial charge in [0.15, 0.2) is 0 Å². The molecule has 0 unspecified atom stereocenters. The van der Waals surface area contributed by atoms with Crippen molar-refractivity contribution < 1.29 is 69.8 Å². The summed E-state index contributed by atoms with van der Waals surface area (Å²) in [6.45, 7) is -2.90. The van der Waals surface area contributed by atoms with Crippen molar-refractivity contribution in [1.82, 2.24) is 0 Å². The Morgan fingerprint density at radius 1 is 0.933 bits per heavy atom. The largest absolute Gasteiger partial charge is 1.00 e. The summed E-state index contributed by atoms with van der Waals surface area (Å²) in [6.07, 6.45) is -4.98. The molecule has 0 radical (unpaired) electrons. The van der Waals surface area contributed by atoms with Crippen molar-refractivity contribution >= 4 is 0 Å². The second kappa shape index (κ2) is 5.15. The van der Waals surface area contributed by atoms with Gasteiger partial charge in [-0.25, -0.2) is 17.6 Å². The number of hydrogen-bond donors (Lipinski definition) is 0. The van der Waals surface area contributed by atoms with Gasteiger partial charge in [0.2, 0.25) is 0 Å². The van der Waals surface area contributed by atoms with Crippen molar-refractivity contribution in [2.45, 2.75) is 24.2 Å². The van der Waals surface area contributed by atoms with Crippen molar-refractivity contribution in [2.75, 3.05) is 6.61 Å². The maximum atomic E-state index is 12.1. The van der Waals surface area contributed by atoms with Crippen LogP contribution in [0.25, 0.3) is 0 Å². The molecule has 10 heteroatoms. The van der Waals surface area contributed by atoms with Gasteiger partial charge in [-0.05, 0) is 0 Å². The SMILES string of the molecule is [Na+].[O-]CC(F)(F)C(F)(F)C(F)(F)C(F)F. The van der Waals surface area contributed by atoms with Crippen LogP contribution in [0.3, 0.4) is 0 Å². The first kappa shape index (κ1) is 17.8. The van der Waals surface area contributed by atoms with E-state index in [0.717, 1.165) is 0 Å². The third kappa shape index (κ3) is 2.95. The number of hydrogen-bond acceptors (Lipinski definition) is 1. The van der Waals surface area contributed by atoms with Crippen LogP contribution in [0.1, 0.15) is 0 Å². The summed E-state index contributed by atoms with van der Waals surface area (Å²) in [7, 11) is 0. The fourth-order valence-electron chi connectivity index (χ4n) is 0.472. The van der Waals surface area contributed by atoms with Crippen molar-refractivity contribution in [1.29, 1.82) is 0 Å². The van der Waals surface area contributed by atoms with E-state index < -0.39 is 30.8 Å². The molecule has 1 nitrogen and oxygen atoms in total. The Balaban J connectivity index is 0. The Bertz CT molecular complexity index is 205. The average molecular weight is 254 g/mol. The van der Waals surface area contributed by atoms with Crippen molar-refractivity contribution in [3.05, 3.63) is 0 Å². The van der Waals surface area contributed by atoms with Crippen molar-refractivity contribution in [3.8, 4) is 0 Å². The van der Waals surface area contributed by atoms with Crippen LogP contribution < -0.4 is 34.7 Å². The number of rotatable bonds is 4. The van der Waals surface area contributed by atoms with Crippen LogP contribution in [-0.2, 0) is 0 Å². The zero-order chi connectivity index (χ0) is 11.8. The average Bonchev–Trinajstić information content (AvgIpc) is 2.03. The standard InChI is InChI=1S/C5H3F8O.Na/c6-2(7)4(10,11)5(12,13)3(8,9)1-14;/h2H,1H2;/q-1;+1. The minimum Gasteiger partial charge on any atom is -0.850 e. The maximum absolute atomic E-state index is 12.1. The summed E-state index contributed by atoms with van der Waals surface area (Å²) in [5, 5.41) is 9.46. The van der Waals surface area contributed by atoms with E-state index in [9.17, 15) is 40.2 Å². The third-order valence-corrected chi connectivity index (χ3v) is 1.33. The molecule has 15 heavy (non-hydrogen) atoms. The number of alkyl halides is 8.